The van der Waals surface area contributed by atoms with Gasteiger partial charge in [-0.15, -0.1) is 0 Å². The fourth-order valence-electron chi connectivity index (χ4n) is 2.09. The minimum atomic E-state index is -1.01. The van der Waals surface area contributed by atoms with E-state index in [4.69, 9.17) is 10.5 Å². The summed E-state index contributed by atoms with van der Waals surface area (Å²) in [4.78, 5) is 20.5. The van der Waals surface area contributed by atoms with Gasteiger partial charge >= 0.3 is 0 Å². The Balaban J connectivity index is 2.55. The molecule has 1 amide bonds. The van der Waals surface area contributed by atoms with Gasteiger partial charge in [0.25, 0.3) is 5.91 Å². The van der Waals surface area contributed by atoms with Crippen molar-refractivity contribution in [2.24, 2.45) is 10.7 Å². The Morgan fingerprint density at radius 1 is 1.30 bits per heavy atom. The molecule has 6 heteroatoms. The van der Waals surface area contributed by atoms with Gasteiger partial charge in [0, 0.05) is 18.7 Å². The fraction of sp³-hybridized carbons (Fsp3) is 0.235. The molecule has 0 fully saturated rings. The molecule has 0 aliphatic heterocycles. The summed E-state index contributed by atoms with van der Waals surface area (Å²) in [5.74, 6) is 0.106. The number of rotatable bonds is 5. The molecule has 0 aliphatic rings. The molecule has 6 nitrogen and oxygen atoms in total. The molecule has 1 aromatic carbocycles. The van der Waals surface area contributed by atoms with Crippen LogP contribution in [0.4, 0.5) is 0 Å². The molecule has 2 rings (SSSR count). The fourth-order valence-corrected chi connectivity index (χ4v) is 2.09. The maximum Gasteiger partial charge on any atom is 0.259 e. The number of hydrogen-bond acceptors (Lipinski definition) is 5. The number of ether oxygens (including phenoxy) is 1. The van der Waals surface area contributed by atoms with Crippen LogP contribution in [0.25, 0.3) is 0 Å². The van der Waals surface area contributed by atoms with E-state index in [1.54, 1.807) is 19.2 Å². The van der Waals surface area contributed by atoms with Crippen molar-refractivity contribution in [1.82, 2.24) is 10.3 Å². The quantitative estimate of drug-likeness (QED) is 0.814. The third kappa shape index (κ3) is 4.14. The summed E-state index contributed by atoms with van der Waals surface area (Å²) in [6, 6.07) is 13.2. The van der Waals surface area contributed by atoms with Gasteiger partial charge in [0.05, 0.1) is 18.5 Å². The Morgan fingerprint density at radius 3 is 2.70 bits per heavy atom. The Kier molecular flexibility index (Phi) is 5.43. The number of nitrogens with one attached hydrogen (secondary N) is 1. The van der Waals surface area contributed by atoms with Crippen LogP contribution in [0.5, 0.6) is 5.88 Å². The number of amides is 1. The number of nitrogens with two attached hydrogens (primary N) is 1. The van der Waals surface area contributed by atoms with E-state index in [1.807, 2.05) is 37.3 Å². The van der Waals surface area contributed by atoms with E-state index in [0.717, 1.165) is 11.1 Å². The van der Waals surface area contributed by atoms with Gasteiger partial charge in [-0.05, 0) is 19.1 Å². The van der Waals surface area contributed by atoms with E-state index in [1.165, 1.54) is 7.05 Å². The van der Waals surface area contributed by atoms with Crippen LogP contribution in [0.15, 0.2) is 47.5 Å². The van der Waals surface area contributed by atoms with Crippen molar-refractivity contribution in [1.29, 1.82) is 0 Å². The molecule has 0 radical (unpaired) electrons. The summed E-state index contributed by atoms with van der Waals surface area (Å²) in [7, 11) is 3.07. The lowest BCUT2D eigenvalue weighted by Crippen LogP contribution is -2.38. The van der Waals surface area contributed by atoms with Gasteiger partial charge in [0.15, 0.2) is 6.17 Å². The summed E-state index contributed by atoms with van der Waals surface area (Å²) in [5, 5.41) is 2.49. The number of aliphatic imine (C=N–C) groups is 1. The molecule has 0 saturated carbocycles. The standard InChI is InChI=1S/C17H20N4O2/c1-11-6-4-7-12(10-11)15(21-16(18)17(22)19-2)13-8-5-9-14(20-13)23-3/h4-10,16H,18H2,1-3H3,(H,19,22)/b21-15+. The number of hydrogen-bond donors (Lipinski definition) is 2. The maximum absolute atomic E-state index is 11.7. The summed E-state index contributed by atoms with van der Waals surface area (Å²) in [5.41, 5.74) is 8.90. The second-order valence-corrected chi connectivity index (χ2v) is 4.97. The average Bonchev–Trinajstić information content (AvgIpc) is 2.58. The van der Waals surface area contributed by atoms with E-state index in [-0.39, 0.29) is 5.91 Å². The highest BCUT2D eigenvalue weighted by molar-refractivity contribution is 6.12. The normalized spacial score (nSPS) is 12.6. The molecular formula is C17H20N4O2. The molecule has 3 N–H and O–H groups in total. The molecule has 120 valence electrons. The van der Waals surface area contributed by atoms with Crippen molar-refractivity contribution in [2.75, 3.05) is 14.2 Å². The largest absolute Gasteiger partial charge is 0.481 e. The first-order chi connectivity index (χ1) is 11.0. The third-order valence-electron chi connectivity index (χ3n) is 3.25. The zero-order valence-corrected chi connectivity index (χ0v) is 13.4. The number of aromatic nitrogens is 1. The topological polar surface area (TPSA) is 89.6 Å². The third-order valence-corrected chi connectivity index (χ3v) is 3.25. The highest BCUT2D eigenvalue weighted by Crippen LogP contribution is 2.15. The van der Waals surface area contributed by atoms with Crippen molar-refractivity contribution in [3.8, 4) is 5.88 Å². The van der Waals surface area contributed by atoms with Gasteiger partial charge < -0.3 is 15.8 Å². The van der Waals surface area contributed by atoms with Crippen LogP contribution in [-0.2, 0) is 4.79 Å². The summed E-state index contributed by atoms with van der Waals surface area (Å²) in [6.45, 7) is 1.98. The lowest BCUT2D eigenvalue weighted by molar-refractivity contribution is -0.121. The number of methoxy groups -OCH3 is 1. The van der Waals surface area contributed by atoms with E-state index >= 15 is 0 Å². The van der Waals surface area contributed by atoms with Crippen molar-refractivity contribution in [2.45, 2.75) is 13.1 Å². The molecule has 23 heavy (non-hydrogen) atoms. The van der Waals surface area contributed by atoms with Gasteiger partial charge in [-0.25, -0.2) is 4.98 Å². The number of nitrogens with zero attached hydrogens (tertiary/aromatic N) is 2. The van der Waals surface area contributed by atoms with Gasteiger partial charge in [0.2, 0.25) is 5.88 Å². The minimum Gasteiger partial charge on any atom is -0.481 e. The first-order valence-electron chi connectivity index (χ1n) is 7.18. The zero-order valence-electron chi connectivity index (χ0n) is 13.4. The van der Waals surface area contributed by atoms with Crippen LogP contribution in [0, 0.1) is 6.92 Å². The molecule has 1 heterocycles. The number of aryl methyl sites for hydroxylation is 1. The van der Waals surface area contributed by atoms with Crippen LogP contribution in [-0.4, -0.2) is 36.9 Å². The molecule has 1 unspecified atom stereocenters. The minimum absolute atomic E-state index is 0.363. The second-order valence-electron chi connectivity index (χ2n) is 4.97. The molecule has 2 aromatic rings. The number of carbonyl (C=O) groups excluding carboxylic acids is 1. The Bertz CT molecular complexity index is 728. The number of likely N-dealkylation sites (N-methyl/N-ethyl adjacent to an activating group) is 1. The first kappa shape index (κ1) is 16.6. The van der Waals surface area contributed by atoms with Crippen LogP contribution in [0.1, 0.15) is 16.8 Å². The van der Waals surface area contributed by atoms with Crippen molar-refractivity contribution in [3.63, 3.8) is 0 Å². The molecule has 0 bridgehead atoms. The SMILES string of the molecule is CNC(=O)C(N)/N=C(\c1cccc(C)c1)c1cccc(OC)n1. The van der Waals surface area contributed by atoms with Crippen molar-refractivity contribution >= 4 is 11.6 Å². The smallest absolute Gasteiger partial charge is 0.259 e. The molecule has 0 spiro atoms. The predicted molar refractivity (Wildman–Crippen MR) is 89.6 cm³/mol. The lowest BCUT2D eigenvalue weighted by atomic mass is 10.0. The van der Waals surface area contributed by atoms with Gasteiger partial charge in [-0.2, -0.15) is 0 Å². The number of carbonyl (C=O) groups is 1. The van der Waals surface area contributed by atoms with Crippen LogP contribution in [0.3, 0.4) is 0 Å². The van der Waals surface area contributed by atoms with Crippen LogP contribution < -0.4 is 15.8 Å². The Labute approximate surface area is 135 Å². The zero-order chi connectivity index (χ0) is 16.8. The first-order valence-corrected chi connectivity index (χ1v) is 7.18. The van der Waals surface area contributed by atoms with Crippen LogP contribution >= 0.6 is 0 Å². The molecule has 1 aromatic heterocycles. The van der Waals surface area contributed by atoms with Crippen molar-refractivity contribution in [3.05, 3.63) is 59.3 Å². The summed E-state index contributed by atoms with van der Waals surface area (Å²) < 4.78 is 5.16. The molecule has 0 aliphatic carbocycles. The van der Waals surface area contributed by atoms with Crippen molar-refractivity contribution < 1.29 is 9.53 Å². The van der Waals surface area contributed by atoms with Gasteiger partial charge in [-0.3, -0.25) is 9.79 Å². The summed E-state index contributed by atoms with van der Waals surface area (Å²) >= 11 is 0. The number of benzene rings is 1. The lowest BCUT2D eigenvalue weighted by Gasteiger charge is -2.12. The Morgan fingerprint density at radius 2 is 2.04 bits per heavy atom. The van der Waals surface area contributed by atoms with Gasteiger partial charge in [-0.1, -0.05) is 29.8 Å². The molecule has 1 atom stereocenters. The van der Waals surface area contributed by atoms with E-state index in [2.05, 4.69) is 15.3 Å². The number of pyridine rings is 1. The van der Waals surface area contributed by atoms with E-state index < -0.39 is 6.17 Å². The Hall–Kier alpha value is -2.73. The molecular weight excluding hydrogens is 292 g/mol. The van der Waals surface area contributed by atoms with E-state index in [9.17, 15) is 4.79 Å². The molecule has 0 saturated heterocycles. The monoisotopic (exact) mass is 312 g/mol. The average molecular weight is 312 g/mol. The van der Waals surface area contributed by atoms with Crippen LogP contribution in [0.2, 0.25) is 0 Å². The predicted octanol–water partition coefficient (Wildman–Crippen LogP) is 1.27. The second kappa shape index (κ2) is 7.51. The van der Waals surface area contributed by atoms with E-state index in [0.29, 0.717) is 17.3 Å². The highest BCUT2D eigenvalue weighted by atomic mass is 16.5. The summed E-state index contributed by atoms with van der Waals surface area (Å²) in [6.07, 6.45) is -1.01. The van der Waals surface area contributed by atoms with Gasteiger partial charge in [0.1, 0.15) is 0 Å². The maximum atomic E-state index is 11.7. The highest BCUT2D eigenvalue weighted by Gasteiger charge is 2.15.